The van der Waals surface area contributed by atoms with Gasteiger partial charge in [-0.3, -0.25) is 10.3 Å². The van der Waals surface area contributed by atoms with Crippen LogP contribution in [0.1, 0.15) is 34.2 Å². The number of rotatable bonds is 18. The Labute approximate surface area is 315 Å². The number of ether oxygens (including phenoxy) is 3. The van der Waals surface area contributed by atoms with Gasteiger partial charge in [-0.15, -0.1) is 5.10 Å². The SMILES string of the molecule is COc1ccc(COc2ccc(C=CCCc3cc(CONc4cccc(-n5nnnc5SCc5ccc(OC)cc5)c4)ccc3N(C)C)cc2)cc1. The maximum atomic E-state index is 5.96. The summed E-state index contributed by atoms with van der Waals surface area (Å²) in [7, 11) is 7.48. The van der Waals surface area contributed by atoms with Crippen molar-refractivity contribution in [1.29, 1.82) is 0 Å². The average Bonchev–Trinajstić information content (AvgIpc) is 3.68. The van der Waals surface area contributed by atoms with E-state index in [1.165, 1.54) is 11.3 Å². The number of methoxy groups -OCH3 is 2. The van der Waals surface area contributed by atoms with E-state index in [0.29, 0.717) is 18.4 Å². The number of aryl methyl sites for hydroxylation is 1. The predicted octanol–water partition coefficient (Wildman–Crippen LogP) is 8.81. The molecule has 0 amide bonds. The summed E-state index contributed by atoms with van der Waals surface area (Å²) in [5.41, 5.74) is 11.7. The van der Waals surface area contributed by atoms with Crippen molar-refractivity contribution < 1.29 is 19.0 Å². The number of nitrogens with zero attached hydrogens (tertiary/aromatic N) is 5. The molecule has 1 heterocycles. The minimum Gasteiger partial charge on any atom is -0.497 e. The van der Waals surface area contributed by atoms with E-state index >= 15 is 0 Å². The monoisotopic (exact) mass is 728 g/mol. The van der Waals surface area contributed by atoms with Crippen molar-refractivity contribution in [3.05, 3.63) is 149 Å². The van der Waals surface area contributed by atoms with E-state index in [9.17, 15) is 0 Å². The fourth-order valence-corrected chi connectivity index (χ4v) is 6.44. The molecule has 0 aliphatic heterocycles. The van der Waals surface area contributed by atoms with Crippen LogP contribution in [-0.2, 0) is 30.2 Å². The zero-order valence-electron chi connectivity index (χ0n) is 30.4. The van der Waals surface area contributed by atoms with Gasteiger partial charge in [0.15, 0.2) is 0 Å². The van der Waals surface area contributed by atoms with Gasteiger partial charge in [0.25, 0.3) is 0 Å². The maximum absolute atomic E-state index is 5.96. The van der Waals surface area contributed by atoms with Crippen LogP contribution in [0.15, 0.2) is 126 Å². The first-order valence-electron chi connectivity index (χ1n) is 17.3. The Bertz CT molecular complexity index is 2070. The number of tetrazole rings is 1. The Morgan fingerprint density at radius 3 is 2.17 bits per heavy atom. The maximum Gasteiger partial charge on any atom is 0.214 e. The lowest BCUT2D eigenvalue weighted by atomic mass is 10.0. The van der Waals surface area contributed by atoms with Gasteiger partial charge < -0.3 is 19.1 Å². The molecule has 0 radical (unpaired) electrons. The molecule has 0 atom stereocenters. The van der Waals surface area contributed by atoms with Crippen LogP contribution in [0, 0.1) is 0 Å². The molecule has 11 heteroatoms. The highest BCUT2D eigenvalue weighted by molar-refractivity contribution is 7.98. The first-order chi connectivity index (χ1) is 26.0. The van der Waals surface area contributed by atoms with Crippen LogP contribution >= 0.6 is 11.8 Å². The molecule has 272 valence electrons. The Morgan fingerprint density at radius 2 is 1.45 bits per heavy atom. The second-order valence-electron chi connectivity index (χ2n) is 12.5. The van der Waals surface area contributed by atoms with Crippen molar-refractivity contribution in [3.8, 4) is 22.9 Å². The van der Waals surface area contributed by atoms with Gasteiger partial charge in [-0.1, -0.05) is 78.5 Å². The zero-order valence-corrected chi connectivity index (χ0v) is 31.3. The highest BCUT2D eigenvalue weighted by Crippen LogP contribution is 2.26. The van der Waals surface area contributed by atoms with E-state index in [1.54, 1.807) is 30.7 Å². The summed E-state index contributed by atoms with van der Waals surface area (Å²) in [6, 6.07) is 38.4. The van der Waals surface area contributed by atoms with Gasteiger partial charge in [-0.2, -0.15) is 4.68 Å². The van der Waals surface area contributed by atoms with Gasteiger partial charge in [0.1, 0.15) is 23.9 Å². The topological polar surface area (TPSA) is 95.8 Å². The average molecular weight is 729 g/mol. The second kappa shape index (κ2) is 18.6. The van der Waals surface area contributed by atoms with Crippen LogP contribution in [0.25, 0.3) is 11.8 Å². The van der Waals surface area contributed by atoms with Crippen LogP contribution in [0.3, 0.4) is 0 Å². The highest BCUT2D eigenvalue weighted by atomic mass is 32.2. The van der Waals surface area contributed by atoms with E-state index in [1.807, 2.05) is 84.9 Å². The lowest BCUT2D eigenvalue weighted by molar-refractivity contribution is 0.180. The number of hydrogen-bond acceptors (Lipinski definition) is 10. The molecule has 53 heavy (non-hydrogen) atoms. The van der Waals surface area contributed by atoms with Crippen LogP contribution < -0.4 is 24.6 Å². The summed E-state index contributed by atoms with van der Waals surface area (Å²) in [6.45, 7) is 0.914. The largest absolute Gasteiger partial charge is 0.497 e. The first-order valence-corrected chi connectivity index (χ1v) is 18.3. The van der Waals surface area contributed by atoms with E-state index < -0.39 is 0 Å². The van der Waals surface area contributed by atoms with Crippen molar-refractivity contribution in [2.45, 2.75) is 37.0 Å². The van der Waals surface area contributed by atoms with Gasteiger partial charge >= 0.3 is 0 Å². The molecule has 0 aliphatic carbocycles. The Hall–Kier alpha value is -5.78. The van der Waals surface area contributed by atoms with Crippen molar-refractivity contribution in [2.75, 3.05) is 38.7 Å². The van der Waals surface area contributed by atoms with Gasteiger partial charge in [0, 0.05) is 25.5 Å². The van der Waals surface area contributed by atoms with Crippen LogP contribution in [0.2, 0.25) is 0 Å². The molecule has 0 saturated heterocycles. The molecule has 6 aromatic rings. The summed E-state index contributed by atoms with van der Waals surface area (Å²) < 4.78 is 18.2. The third-order valence-corrected chi connectivity index (χ3v) is 9.44. The van der Waals surface area contributed by atoms with Crippen LogP contribution in [0.5, 0.6) is 17.2 Å². The molecular weight excluding hydrogens is 685 g/mol. The number of anilines is 2. The molecule has 6 rings (SSSR count). The van der Waals surface area contributed by atoms with Gasteiger partial charge in [-0.25, -0.2) is 0 Å². The molecule has 0 bridgehead atoms. The van der Waals surface area contributed by atoms with E-state index in [4.69, 9.17) is 19.0 Å². The summed E-state index contributed by atoms with van der Waals surface area (Å²) >= 11 is 1.57. The number of nitrogens with one attached hydrogen (secondary N) is 1. The minimum atomic E-state index is 0.404. The molecule has 10 nitrogen and oxygen atoms in total. The molecular formula is C42H44N6O4S. The third-order valence-electron chi connectivity index (χ3n) is 8.45. The molecule has 0 unspecified atom stereocenters. The molecule has 5 aromatic carbocycles. The quantitative estimate of drug-likeness (QED) is 0.0684. The van der Waals surface area contributed by atoms with Crippen LogP contribution in [0.4, 0.5) is 11.4 Å². The van der Waals surface area contributed by atoms with E-state index in [2.05, 4.69) is 82.5 Å². The van der Waals surface area contributed by atoms with Crippen molar-refractivity contribution in [3.63, 3.8) is 0 Å². The normalized spacial score (nSPS) is 11.1. The van der Waals surface area contributed by atoms with Crippen molar-refractivity contribution >= 4 is 29.2 Å². The smallest absolute Gasteiger partial charge is 0.214 e. The standard InChI is InChI=1S/C42H44N6O4S/c1-47(2)41-25-18-34(26-35(41)9-6-5-8-31-12-23-40(24-13-31)51-28-32-14-19-38(49-3)20-15-32)29-52-44-36-10-7-11-37(27-36)48-42(43-45-46-48)53-30-33-16-21-39(50-4)22-17-33/h5,7-8,10-27,44H,6,9,28-30H2,1-4H3. The van der Waals surface area contributed by atoms with Crippen molar-refractivity contribution in [1.82, 2.24) is 20.2 Å². The molecule has 1 aromatic heterocycles. The summed E-state index contributed by atoms with van der Waals surface area (Å²) in [4.78, 5) is 8.12. The van der Waals surface area contributed by atoms with Crippen molar-refractivity contribution in [2.24, 2.45) is 0 Å². The molecule has 0 aliphatic rings. The lowest BCUT2D eigenvalue weighted by Gasteiger charge is -2.18. The highest BCUT2D eigenvalue weighted by Gasteiger charge is 2.11. The number of hydrogen-bond donors (Lipinski definition) is 1. The molecule has 0 saturated carbocycles. The third kappa shape index (κ3) is 10.6. The lowest BCUT2D eigenvalue weighted by Crippen LogP contribution is -2.12. The minimum absolute atomic E-state index is 0.404. The Balaban J connectivity index is 0.991. The molecule has 0 fully saturated rings. The number of aromatic nitrogens is 4. The van der Waals surface area contributed by atoms with Gasteiger partial charge in [0.05, 0.1) is 32.2 Å². The second-order valence-corrected chi connectivity index (χ2v) is 13.4. The number of benzene rings is 5. The number of thioether (sulfide) groups is 1. The number of allylic oxidation sites excluding steroid dienone is 1. The summed E-state index contributed by atoms with van der Waals surface area (Å²) in [6.07, 6.45) is 6.19. The zero-order chi connectivity index (χ0) is 36.8. The van der Waals surface area contributed by atoms with Crippen LogP contribution in [-0.4, -0.2) is 48.5 Å². The molecule has 0 spiro atoms. The summed E-state index contributed by atoms with van der Waals surface area (Å²) in [5.74, 6) is 3.24. The molecule has 1 N–H and O–H groups in total. The van der Waals surface area contributed by atoms with Gasteiger partial charge in [0.2, 0.25) is 5.16 Å². The van der Waals surface area contributed by atoms with E-state index in [-0.39, 0.29) is 0 Å². The fraction of sp³-hybridized carbons (Fsp3) is 0.214. The Kier molecular flexibility index (Phi) is 13.0. The van der Waals surface area contributed by atoms with E-state index in [0.717, 1.165) is 69.5 Å². The summed E-state index contributed by atoms with van der Waals surface area (Å²) in [5, 5.41) is 13.1. The predicted molar refractivity (Wildman–Crippen MR) is 212 cm³/mol. The fourth-order valence-electron chi connectivity index (χ4n) is 5.59. The van der Waals surface area contributed by atoms with Gasteiger partial charge in [-0.05, 0) is 112 Å². The first kappa shape index (κ1) is 37.0. The Morgan fingerprint density at radius 1 is 0.755 bits per heavy atom.